The lowest BCUT2D eigenvalue weighted by atomic mass is 9.85. The minimum atomic E-state index is -0.551. The number of amides is 2. The maximum absolute atomic E-state index is 12.9. The summed E-state index contributed by atoms with van der Waals surface area (Å²) >= 11 is 0. The molecule has 1 aromatic rings. The fraction of sp³-hybridized carbons (Fsp3) is 0.667. The number of hydrogen-bond donors (Lipinski definition) is 2. The fourth-order valence-corrected chi connectivity index (χ4v) is 4.32. The van der Waals surface area contributed by atoms with Gasteiger partial charge in [-0.15, -0.1) is 0 Å². The highest BCUT2D eigenvalue weighted by Crippen LogP contribution is 2.41. The highest BCUT2D eigenvalue weighted by atomic mass is 16.5. The molecule has 1 atom stereocenters. The number of likely N-dealkylation sites (tertiary alicyclic amines) is 2. The van der Waals surface area contributed by atoms with Crippen LogP contribution in [-0.2, 0) is 26.3 Å². The van der Waals surface area contributed by atoms with Crippen LogP contribution in [0.5, 0.6) is 0 Å². The lowest BCUT2D eigenvalue weighted by Crippen LogP contribution is -2.38. The van der Waals surface area contributed by atoms with Crippen molar-refractivity contribution >= 4 is 18.3 Å². The predicted molar refractivity (Wildman–Crippen MR) is 110 cm³/mol. The molecular weight excluding hydrogens is 390 g/mol. The second kappa shape index (κ2) is 9.61. The molecule has 2 saturated heterocycles. The normalized spacial score (nSPS) is 21.7. The van der Waals surface area contributed by atoms with Gasteiger partial charge >= 0.3 is 0 Å². The molecule has 1 spiro atoms. The second-order valence-corrected chi connectivity index (χ2v) is 8.96. The quantitative estimate of drug-likeness (QED) is 0.663. The first-order valence-corrected chi connectivity index (χ1v) is 10.1. The Hall–Kier alpha value is -2.39. The number of primary amides is 1. The summed E-state index contributed by atoms with van der Waals surface area (Å²) < 4.78 is 10.9. The molecule has 3 rings (SSSR count). The molecule has 3 N–H and O–H groups in total. The third-order valence-corrected chi connectivity index (χ3v) is 5.73. The Morgan fingerprint density at radius 3 is 2.57 bits per heavy atom. The van der Waals surface area contributed by atoms with Crippen LogP contribution in [0.4, 0.5) is 0 Å². The highest BCUT2D eigenvalue weighted by Gasteiger charge is 2.50. The number of carbonyl (C=O) groups is 3. The van der Waals surface area contributed by atoms with Gasteiger partial charge in [0, 0.05) is 44.3 Å². The minimum Gasteiger partial charge on any atom is -0.483 e. The highest BCUT2D eigenvalue weighted by molar-refractivity contribution is 5.90. The average Bonchev–Trinajstić information content (AvgIpc) is 3.34. The SMILES string of the molecule is COCCN1CCC2(CCN(Cc3cc(C(N)=O)oc3C(C)(C)C)C2)C1=O.O=CO. The van der Waals surface area contributed by atoms with Crippen LogP contribution >= 0.6 is 0 Å². The molecule has 0 aliphatic carbocycles. The van der Waals surface area contributed by atoms with Crippen LogP contribution < -0.4 is 5.73 Å². The lowest BCUT2D eigenvalue weighted by Gasteiger charge is -2.24. The van der Waals surface area contributed by atoms with Crippen LogP contribution in [-0.4, -0.2) is 73.1 Å². The van der Waals surface area contributed by atoms with Crippen molar-refractivity contribution in [2.24, 2.45) is 11.1 Å². The Balaban J connectivity index is 0.00000101. The molecule has 3 heterocycles. The first-order valence-electron chi connectivity index (χ1n) is 10.1. The van der Waals surface area contributed by atoms with Gasteiger partial charge in [0.05, 0.1) is 12.0 Å². The Kier molecular flexibility index (Phi) is 7.65. The molecule has 0 saturated carbocycles. The van der Waals surface area contributed by atoms with Gasteiger partial charge in [0.2, 0.25) is 5.91 Å². The van der Waals surface area contributed by atoms with Crippen molar-refractivity contribution < 1.29 is 28.6 Å². The monoisotopic (exact) mass is 423 g/mol. The summed E-state index contributed by atoms with van der Waals surface area (Å²) in [5.41, 5.74) is 5.90. The number of nitrogens with zero attached hydrogens (tertiary/aromatic N) is 2. The topological polar surface area (TPSA) is 126 Å². The molecular formula is C21H33N3O6. The van der Waals surface area contributed by atoms with Crippen molar-refractivity contribution in [1.82, 2.24) is 9.80 Å². The third kappa shape index (κ3) is 5.20. The summed E-state index contributed by atoms with van der Waals surface area (Å²) in [7, 11) is 1.66. The molecule has 168 valence electrons. The summed E-state index contributed by atoms with van der Waals surface area (Å²) in [6.07, 6.45) is 1.77. The maximum Gasteiger partial charge on any atom is 0.290 e. The first kappa shape index (κ1) is 23.9. The van der Waals surface area contributed by atoms with Crippen LogP contribution in [0, 0.1) is 5.41 Å². The maximum atomic E-state index is 12.9. The second-order valence-electron chi connectivity index (χ2n) is 8.96. The van der Waals surface area contributed by atoms with E-state index in [2.05, 4.69) is 25.7 Å². The lowest BCUT2D eigenvalue weighted by molar-refractivity contribution is -0.136. The van der Waals surface area contributed by atoms with Gasteiger partial charge in [0.1, 0.15) is 5.76 Å². The summed E-state index contributed by atoms with van der Waals surface area (Å²) in [5, 5.41) is 6.89. The average molecular weight is 424 g/mol. The van der Waals surface area contributed by atoms with E-state index < -0.39 is 5.91 Å². The molecule has 2 amide bonds. The fourth-order valence-electron chi connectivity index (χ4n) is 4.32. The minimum absolute atomic E-state index is 0.200. The van der Waals surface area contributed by atoms with E-state index in [9.17, 15) is 9.59 Å². The Morgan fingerprint density at radius 2 is 2.00 bits per heavy atom. The number of methoxy groups -OCH3 is 1. The summed E-state index contributed by atoms with van der Waals surface area (Å²) in [6.45, 7) is 10.2. The van der Waals surface area contributed by atoms with Gasteiger partial charge in [-0.25, -0.2) is 0 Å². The number of rotatable bonds is 6. The van der Waals surface area contributed by atoms with Gasteiger partial charge in [-0.2, -0.15) is 0 Å². The van der Waals surface area contributed by atoms with E-state index >= 15 is 0 Å². The number of furan rings is 1. The molecule has 2 fully saturated rings. The third-order valence-electron chi connectivity index (χ3n) is 5.73. The zero-order valence-corrected chi connectivity index (χ0v) is 18.3. The van der Waals surface area contributed by atoms with Crippen molar-refractivity contribution in [1.29, 1.82) is 0 Å². The largest absolute Gasteiger partial charge is 0.483 e. The van der Waals surface area contributed by atoms with Gasteiger partial charge in [-0.3, -0.25) is 19.3 Å². The molecule has 0 radical (unpaired) electrons. The Labute approximate surface area is 177 Å². The van der Waals surface area contributed by atoms with Gasteiger partial charge < -0.3 is 24.9 Å². The smallest absolute Gasteiger partial charge is 0.290 e. The number of carboxylic acid groups (broad SMARTS) is 1. The molecule has 1 unspecified atom stereocenters. The van der Waals surface area contributed by atoms with Gasteiger partial charge in [0.25, 0.3) is 12.4 Å². The van der Waals surface area contributed by atoms with Crippen LogP contribution in [0.3, 0.4) is 0 Å². The molecule has 1 aromatic heterocycles. The zero-order valence-electron chi connectivity index (χ0n) is 18.3. The molecule has 2 aliphatic heterocycles. The van der Waals surface area contributed by atoms with Gasteiger partial charge in [-0.1, -0.05) is 20.8 Å². The Bertz CT molecular complexity index is 769. The molecule has 9 heteroatoms. The first-order chi connectivity index (χ1) is 14.1. The number of nitrogens with two attached hydrogens (primary N) is 1. The van der Waals surface area contributed by atoms with Gasteiger partial charge in [0.15, 0.2) is 5.76 Å². The molecule has 0 bridgehead atoms. The van der Waals surface area contributed by atoms with Crippen molar-refractivity contribution in [3.8, 4) is 0 Å². The standard InChI is InChI=1S/C20H31N3O4.CH2O2/c1-19(2,3)16-14(11-15(27-16)17(21)24)12-22-7-5-20(13-22)6-8-23(18(20)25)9-10-26-4;2-1-3/h11H,5-10,12-13H2,1-4H3,(H2,21,24);1H,(H,2,3). The van der Waals surface area contributed by atoms with Crippen LogP contribution in [0.15, 0.2) is 10.5 Å². The van der Waals surface area contributed by atoms with E-state index in [1.54, 1.807) is 13.2 Å². The predicted octanol–water partition coefficient (Wildman–Crippen LogP) is 1.45. The number of ether oxygens (including phenoxy) is 1. The van der Waals surface area contributed by atoms with E-state index in [0.717, 1.165) is 43.8 Å². The van der Waals surface area contributed by atoms with Crippen LogP contribution in [0.25, 0.3) is 0 Å². The zero-order chi connectivity index (χ0) is 22.5. The van der Waals surface area contributed by atoms with Gasteiger partial charge in [-0.05, 0) is 25.5 Å². The van der Waals surface area contributed by atoms with E-state index in [0.29, 0.717) is 19.7 Å². The van der Waals surface area contributed by atoms with Crippen molar-refractivity contribution in [2.45, 2.75) is 45.6 Å². The van der Waals surface area contributed by atoms with Crippen molar-refractivity contribution in [3.05, 3.63) is 23.2 Å². The molecule has 30 heavy (non-hydrogen) atoms. The van der Waals surface area contributed by atoms with E-state index in [-0.39, 0.29) is 29.0 Å². The van der Waals surface area contributed by atoms with Crippen molar-refractivity contribution in [2.75, 3.05) is 39.9 Å². The summed E-state index contributed by atoms with van der Waals surface area (Å²) in [5.74, 6) is 0.691. The number of carbonyl (C=O) groups excluding carboxylic acids is 2. The molecule has 9 nitrogen and oxygen atoms in total. The van der Waals surface area contributed by atoms with E-state index in [1.807, 2.05) is 4.90 Å². The van der Waals surface area contributed by atoms with E-state index in [4.69, 9.17) is 24.8 Å². The number of hydrogen-bond acceptors (Lipinski definition) is 6. The summed E-state index contributed by atoms with van der Waals surface area (Å²) in [6, 6.07) is 1.76. The summed E-state index contributed by atoms with van der Waals surface area (Å²) in [4.78, 5) is 37.1. The Morgan fingerprint density at radius 1 is 1.37 bits per heavy atom. The van der Waals surface area contributed by atoms with Crippen LogP contribution in [0.1, 0.15) is 55.5 Å². The molecule has 0 aromatic carbocycles. The van der Waals surface area contributed by atoms with Crippen molar-refractivity contribution in [3.63, 3.8) is 0 Å². The molecule has 2 aliphatic rings. The van der Waals surface area contributed by atoms with E-state index in [1.165, 1.54) is 0 Å². The van der Waals surface area contributed by atoms with Crippen LogP contribution in [0.2, 0.25) is 0 Å².